The molecule has 100 valence electrons. The Labute approximate surface area is 106 Å². The van der Waals surface area contributed by atoms with E-state index in [2.05, 4.69) is 5.32 Å². The molecule has 1 aliphatic rings. The number of alkyl halides is 2. The lowest BCUT2D eigenvalue weighted by atomic mass is 9.89. The van der Waals surface area contributed by atoms with Crippen molar-refractivity contribution in [3.8, 4) is 5.75 Å². The topological polar surface area (TPSA) is 21.3 Å². The average molecular weight is 255 g/mol. The fourth-order valence-electron chi connectivity index (χ4n) is 2.46. The van der Waals surface area contributed by atoms with E-state index in [0.29, 0.717) is 5.92 Å². The zero-order valence-corrected chi connectivity index (χ0v) is 10.8. The summed E-state index contributed by atoms with van der Waals surface area (Å²) in [6, 6.07) is 5.14. The zero-order chi connectivity index (χ0) is 13.2. The maximum atomic E-state index is 13.6. The molecule has 2 nitrogen and oxygen atoms in total. The maximum absolute atomic E-state index is 13.6. The van der Waals surface area contributed by atoms with Crippen LogP contribution in [0.3, 0.4) is 0 Å². The zero-order valence-electron chi connectivity index (χ0n) is 10.8. The van der Waals surface area contributed by atoms with Crippen LogP contribution in [0.2, 0.25) is 0 Å². The van der Waals surface area contributed by atoms with Crippen LogP contribution in [-0.4, -0.2) is 20.2 Å². The lowest BCUT2D eigenvalue weighted by Gasteiger charge is -2.25. The first-order valence-electron chi connectivity index (χ1n) is 6.29. The molecule has 0 bridgehead atoms. The third-order valence-corrected chi connectivity index (χ3v) is 3.46. The largest absolute Gasteiger partial charge is 0.496 e. The number of hydrogen-bond donors (Lipinski definition) is 1. The van der Waals surface area contributed by atoms with Crippen molar-refractivity contribution >= 4 is 0 Å². The predicted octanol–water partition coefficient (Wildman–Crippen LogP) is 3.27. The van der Waals surface area contributed by atoms with E-state index in [9.17, 15) is 8.78 Å². The fraction of sp³-hybridized carbons (Fsp3) is 0.571. The summed E-state index contributed by atoms with van der Waals surface area (Å²) in [7, 11) is 1.42. The Morgan fingerprint density at radius 1 is 1.39 bits per heavy atom. The first-order chi connectivity index (χ1) is 8.52. The first kappa shape index (κ1) is 13.3. The van der Waals surface area contributed by atoms with E-state index in [4.69, 9.17) is 4.74 Å². The second-order valence-electron chi connectivity index (χ2n) is 4.89. The Balaban J connectivity index is 2.33. The van der Waals surface area contributed by atoms with Crippen molar-refractivity contribution in [3.63, 3.8) is 0 Å². The molecule has 0 aliphatic carbocycles. The molecule has 1 aromatic rings. The van der Waals surface area contributed by atoms with Gasteiger partial charge >= 0.3 is 0 Å². The lowest BCUT2D eigenvalue weighted by molar-refractivity contribution is 0.0149. The van der Waals surface area contributed by atoms with E-state index in [-0.39, 0.29) is 11.3 Å². The fourth-order valence-corrected chi connectivity index (χ4v) is 2.46. The van der Waals surface area contributed by atoms with Gasteiger partial charge in [-0.2, -0.15) is 0 Å². The smallest absolute Gasteiger partial charge is 0.274 e. The van der Waals surface area contributed by atoms with Gasteiger partial charge in [0.1, 0.15) is 5.75 Å². The average Bonchev–Trinajstić information content (AvgIpc) is 2.38. The van der Waals surface area contributed by atoms with Gasteiger partial charge in [0.2, 0.25) is 0 Å². The van der Waals surface area contributed by atoms with Crippen LogP contribution < -0.4 is 10.1 Å². The van der Waals surface area contributed by atoms with Crippen LogP contribution in [-0.2, 0) is 5.92 Å². The quantitative estimate of drug-likeness (QED) is 0.895. The number of halogens is 2. The van der Waals surface area contributed by atoms with Crippen molar-refractivity contribution in [1.82, 2.24) is 5.32 Å². The Kier molecular flexibility index (Phi) is 3.85. The summed E-state index contributed by atoms with van der Waals surface area (Å²) < 4.78 is 32.1. The highest BCUT2D eigenvalue weighted by Gasteiger charge is 2.29. The second-order valence-corrected chi connectivity index (χ2v) is 4.89. The van der Waals surface area contributed by atoms with Gasteiger partial charge in [0.25, 0.3) is 5.92 Å². The molecule has 1 N–H and O–H groups in total. The summed E-state index contributed by atoms with van der Waals surface area (Å²) in [6.07, 6.45) is 2.14. The van der Waals surface area contributed by atoms with Crippen molar-refractivity contribution in [1.29, 1.82) is 0 Å². The monoisotopic (exact) mass is 255 g/mol. The van der Waals surface area contributed by atoms with Crippen molar-refractivity contribution in [3.05, 3.63) is 29.3 Å². The molecule has 1 aliphatic heterocycles. The molecule has 1 saturated heterocycles. The van der Waals surface area contributed by atoms with Crippen molar-refractivity contribution in [2.45, 2.75) is 31.6 Å². The lowest BCUT2D eigenvalue weighted by Crippen LogP contribution is -2.28. The third kappa shape index (κ3) is 2.80. The minimum absolute atomic E-state index is 0.0203. The Bertz CT molecular complexity index is 409. The van der Waals surface area contributed by atoms with E-state index >= 15 is 0 Å². The van der Waals surface area contributed by atoms with E-state index in [0.717, 1.165) is 38.4 Å². The predicted molar refractivity (Wildman–Crippen MR) is 67.4 cm³/mol. The first-order valence-corrected chi connectivity index (χ1v) is 6.29. The van der Waals surface area contributed by atoms with E-state index < -0.39 is 5.92 Å². The summed E-state index contributed by atoms with van der Waals surface area (Å²) in [6.45, 7) is 2.79. The molecule has 2 rings (SSSR count). The number of ether oxygens (including phenoxy) is 1. The maximum Gasteiger partial charge on any atom is 0.274 e. The standard InChI is InChI=1S/C14H19F2NO/c1-14(15,16)12-8-10(5-6-13(12)18-2)11-4-3-7-17-9-11/h5-6,8,11,17H,3-4,7,9H2,1-2H3. The summed E-state index contributed by atoms with van der Waals surface area (Å²) in [5.74, 6) is -2.29. The Hall–Kier alpha value is -1.16. The number of piperidine rings is 1. The molecule has 0 spiro atoms. The van der Waals surface area contributed by atoms with E-state index in [1.165, 1.54) is 7.11 Å². The molecule has 1 aromatic carbocycles. The molecule has 0 amide bonds. The molecule has 1 fully saturated rings. The molecule has 18 heavy (non-hydrogen) atoms. The molecule has 4 heteroatoms. The highest BCUT2D eigenvalue weighted by Crippen LogP contribution is 2.37. The van der Waals surface area contributed by atoms with Crippen molar-refractivity contribution in [2.24, 2.45) is 0 Å². The molecule has 0 saturated carbocycles. The summed E-state index contributed by atoms with van der Waals surface area (Å²) in [5.41, 5.74) is 0.951. The van der Waals surface area contributed by atoms with E-state index in [1.54, 1.807) is 12.1 Å². The number of rotatable bonds is 3. The van der Waals surface area contributed by atoms with Gasteiger partial charge in [-0.3, -0.25) is 0 Å². The van der Waals surface area contributed by atoms with Gasteiger partial charge < -0.3 is 10.1 Å². The van der Waals surface area contributed by atoms with Gasteiger partial charge in [-0.25, -0.2) is 8.78 Å². The van der Waals surface area contributed by atoms with E-state index in [1.807, 2.05) is 6.07 Å². The van der Waals surface area contributed by atoms with Crippen LogP contribution in [0.15, 0.2) is 18.2 Å². The van der Waals surface area contributed by atoms with Gasteiger partial charge in [0.05, 0.1) is 12.7 Å². The SMILES string of the molecule is COc1ccc(C2CCCNC2)cc1C(C)(F)F. The molecule has 1 unspecified atom stereocenters. The Morgan fingerprint density at radius 3 is 2.72 bits per heavy atom. The second kappa shape index (κ2) is 5.22. The van der Waals surface area contributed by atoms with Crippen LogP contribution in [0.4, 0.5) is 8.78 Å². The molecule has 0 radical (unpaired) electrons. The van der Waals surface area contributed by atoms with Gasteiger partial charge in [-0.1, -0.05) is 6.07 Å². The van der Waals surface area contributed by atoms with Crippen LogP contribution in [0.1, 0.15) is 36.8 Å². The van der Waals surface area contributed by atoms with Crippen LogP contribution >= 0.6 is 0 Å². The summed E-state index contributed by atoms with van der Waals surface area (Å²) in [5, 5.41) is 3.30. The van der Waals surface area contributed by atoms with Crippen molar-refractivity contribution < 1.29 is 13.5 Å². The third-order valence-electron chi connectivity index (χ3n) is 3.46. The number of benzene rings is 1. The number of nitrogens with one attached hydrogen (secondary N) is 1. The molecule has 1 heterocycles. The number of methoxy groups -OCH3 is 1. The highest BCUT2D eigenvalue weighted by molar-refractivity contribution is 5.41. The molecule has 1 atom stereocenters. The van der Waals surface area contributed by atoms with Crippen LogP contribution in [0.5, 0.6) is 5.75 Å². The van der Waals surface area contributed by atoms with Gasteiger partial charge in [0.15, 0.2) is 0 Å². The highest BCUT2D eigenvalue weighted by atomic mass is 19.3. The summed E-state index contributed by atoms with van der Waals surface area (Å²) >= 11 is 0. The van der Waals surface area contributed by atoms with Gasteiger partial charge in [-0.15, -0.1) is 0 Å². The minimum Gasteiger partial charge on any atom is -0.496 e. The van der Waals surface area contributed by atoms with Crippen LogP contribution in [0.25, 0.3) is 0 Å². The van der Waals surface area contributed by atoms with Crippen LogP contribution in [0, 0.1) is 0 Å². The Morgan fingerprint density at radius 2 is 2.17 bits per heavy atom. The molecular weight excluding hydrogens is 236 g/mol. The van der Waals surface area contributed by atoms with Gasteiger partial charge in [-0.05, 0) is 43.0 Å². The van der Waals surface area contributed by atoms with Crippen molar-refractivity contribution in [2.75, 3.05) is 20.2 Å². The summed E-state index contributed by atoms with van der Waals surface area (Å²) in [4.78, 5) is 0. The molecule has 0 aromatic heterocycles. The minimum atomic E-state index is -2.87. The number of hydrogen-bond acceptors (Lipinski definition) is 2. The normalized spacial score (nSPS) is 20.8. The molecular formula is C14H19F2NO. The van der Waals surface area contributed by atoms with Gasteiger partial charge in [0, 0.05) is 13.5 Å².